The Hall–Kier alpha value is -1.15. The molecule has 0 amide bonds. The number of aliphatic hydroxyl groups excluding tert-OH is 1. The van der Waals surface area contributed by atoms with Crippen LogP contribution in [0.2, 0.25) is 5.02 Å². The van der Waals surface area contributed by atoms with Crippen molar-refractivity contribution in [3.63, 3.8) is 0 Å². The Kier molecular flexibility index (Phi) is 5.68. The molecule has 8 nitrogen and oxygen atoms in total. The van der Waals surface area contributed by atoms with Crippen molar-refractivity contribution >= 4 is 25.4 Å². The summed E-state index contributed by atoms with van der Waals surface area (Å²) in [5, 5.41) is 9.92. The minimum absolute atomic E-state index is 0.0272. The molecule has 10 heteroatoms. The molecule has 1 aromatic rings. The first-order valence-electron chi connectivity index (χ1n) is 7.73. The lowest BCUT2D eigenvalue weighted by Crippen LogP contribution is -2.44. The Balaban J connectivity index is 1.64. The molecule has 3 rings (SSSR count). The molecule has 1 aromatic carbocycles. The third-order valence-electron chi connectivity index (χ3n) is 3.78. The number of carbonyl (C=O) groups excluding carboxylic acids is 1. The predicted octanol–water partition coefficient (Wildman–Crippen LogP) is 2.80. The highest BCUT2D eigenvalue weighted by Gasteiger charge is 2.41. The average Bonchev–Trinajstić information content (AvgIpc) is 2.56. The van der Waals surface area contributed by atoms with Crippen LogP contribution in [0.25, 0.3) is 0 Å². The van der Waals surface area contributed by atoms with E-state index in [1.807, 2.05) is 0 Å². The van der Waals surface area contributed by atoms with Gasteiger partial charge in [-0.2, -0.15) is 0 Å². The van der Waals surface area contributed by atoms with Crippen LogP contribution in [0, 0.1) is 0 Å². The summed E-state index contributed by atoms with van der Waals surface area (Å²) >= 11 is 5.89. The highest BCUT2D eigenvalue weighted by atomic mass is 35.5. The van der Waals surface area contributed by atoms with Crippen molar-refractivity contribution in [2.24, 2.45) is 0 Å². The fraction of sp³-hybridized carbons (Fsp3) is 0.533. The van der Waals surface area contributed by atoms with Gasteiger partial charge in [0.25, 0.3) is 0 Å². The summed E-state index contributed by atoms with van der Waals surface area (Å²) in [6, 6.07) is 4.85. The number of halogens is 1. The summed E-state index contributed by atoms with van der Waals surface area (Å²) in [6.07, 6.45) is -1.58. The number of benzene rings is 1. The van der Waals surface area contributed by atoms with Crippen LogP contribution in [0.4, 0.5) is 0 Å². The first-order valence-corrected chi connectivity index (χ1v) is 9.57. The van der Waals surface area contributed by atoms with Gasteiger partial charge in [0.15, 0.2) is 6.29 Å². The van der Waals surface area contributed by atoms with Crippen molar-refractivity contribution in [3.05, 3.63) is 28.8 Å². The van der Waals surface area contributed by atoms with Crippen molar-refractivity contribution < 1.29 is 37.5 Å². The van der Waals surface area contributed by atoms with Crippen LogP contribution in [-0.2, 0) is 34.5 Å². The van der Waals surface area contributed by atoms with Gasteiger partial charge >= 0.3 is 13.8 Å². The van der Waals surface area contributed by atoms with E-state index >= 15 is 0 Å². The minimum atomic E-state index is -3.87. The van der Waals surface area contributed by atoms with E-state index in [4.69, 9.17) is 34.6 Å². The SMILES string of the molecule is CC(=O)O[C@H]1CC[C@@H](OP2(=O)OCc3cc(Cl)ccc3O2)O[C@@H]1CO. The van der Waals surface area contributed by atoms with E-state index in [2.05, 4.69) is 0 Å². The Morgan fingerprint density at radius 2 is 2.24 bits per heavy atom. The predicted molar refractivity (Wildman–Crippen MR) is 86.1 cm³/mol. The van der Waals surface area contributed by atoms with Crippen molar-refractivity contribution in [1.29, 1.82) is 0 Å². The van der Waals surface area contributed by atoms with Gasteiger partial charge in [-0.3, -0.25) is 9.32 Å². The van der Waals surface area contributed by atoms with Gasteiger partial charge in [-0.15, -0.1) is 0 Å². The number of hydrogen-bond acceptors (Lipinski definition) is 8. The van der Waals surface area contributed by atoms with E-state index in [1.54, 1.807) is 18.2 Å². The standard InChI is InChI=1S/C15H18ClO8P/c1-9(18)21-13-4-5-15(22-14(13)7-17)24-25(19)20-8-10-6-11(16)2-3-12(10)23-25/h2-3,6,13-15,17H,4-5,7-8H2,1H3/t13-,14+,15+,25?/m0/s1. The van der Waals surface area contributed by atoms with Gasteiger partial charge in [0, 0.05) is 23.9 Å². The summed E-state index contributed by atoms with van der Waals surface area (Å²) in [7, 11) is -3.87. The molecule has 1 saturated heterocycles. The third kappa shape index (κ3) is 4.53. The molecular weight excluding hydrogens is 375 g/mol. The molecule has 1 unspecified atom stereocenters. The normalized spacial score (nSPS) is 31.7. The molecule has 2 heterocycles. The summed E-state index contributed by atoms with van der Waals surface area (Å²) in [5.74, 6) is -0.0975. The highest BCUT2D eigenvalue weighted by Crippen LogP contribution is 2.56. The van der Waals surface area contributed by atoms with Crippen LogP contribution in [0.3, 0.4) is 0 Å². The zero-order valence-corrected chi connectivity index (χ0v) is 15.1. The molecule has 2 aliphatic rings. The maximum atomic E-state index is 12.7. The van der Waals surface area contributed by atoms with Crippen molar-refractivity contribution in [2.75, 3.05) is 6.61 Å². The number of phosphoric ester groups is 1. The van der Waals surface area contributed by atoms with Crippen molar-refractivity contribution in [3.8, 4) is 5.75 Å². The molecule has 2 aliphatic heterocycles. The van der Waals surface area contributed by atoms with Crippen molar-refractivity contribution in [2.45, 2.75) is 44.9 Å². The first kappa shape index (κ1) is 18.6. The van der Waals surface area contributed by atoms with E-state index in [0.29, 0.717) is 29.2 Å². The van der Waals surface area contributed by atoms with E-state index < -0.39 is 32.3 Å². The number of rotatable bonds is 4. The third-order valence-corrected chi connectivity index (χ3v) is 5.38. The van der Waals surface area contributed by atoms with Gasteiger partial charge in [0.1, 0.15) is 18.0 Å². The molecule has 25 heavy (non-hydrogen) atoms. The lowest BCUT2D eigenvalue weighted by atomic mass is 10.1. The van der Waals surface area contributed by atoms with Crippen LogP contribution in [0.1, 0.15) is 25.3 Å². The number of phosphoric acid groups is 1. The van der Waals surface area contributed by atoms with Gasteiger partial charge < -0.3 is 19.1 Å². The Bertz CT molecular complexity index is 696. The van der Waals surface area contributed by atoms with E-state index in [9.17, 15) is 14.5 Å². The highest BCUT2D eigenvalue weighted by molar-refractivity contribution is 7.49. The van der Waals surface area contributed by atoms with E-state index in [1.165, 1.54) is 6.92 Å². The Morgan fingerprint density at radius 3 is 2.96 bits per heavy atom. The Morgan fingerprint density at radius 1 is 1.44 bits per heavy atom. The number of ether oxygens (including phenoxy) is 2. The quantitative estimate of drug-likeness (QED) is 0.616. The largest absolute Gasteiger partial charge is 0.532 e. The van der Waals surface area contributed by atoms with Crippen LogP contribution < -0.4 is 4.52 Å². The summed E-state index contributed by atoms with van der Waals surface area (Å²) in [6.45, 7) is 0.938. The zero-order valence-electron chi connectivity index (χ0n) is 13.4. The fourth-order valence-electron chi connectivity index (χ4n) is 2.66. The van der Waals surface area contributed by atoms with Gasteiger partial charge in [0.05, 0.1) is 13.2 Å². The van der Waals surface area contributed by atoms with Crippen LogP contribution in [0.15, 0.2) is 18.2 Å². The van der Waals surface area contributed by atoms with Crippen molar-refractivity contribution in [1.82, 2.24) is 0 Å². The number of hydrogen-bond donors (Lipinski definition) is 1. The second kappa shape index (κ2) is 7.61. The minimum Gasteiger partial charge on any atom is -0.460 e. The molecule has 1 fully saturated rings. The average molecular weight is 393 g/mol. The van der Waals surface area contributed by atoms with Crippen LogP contribution in [-0.4, -0.2) is 36.2 Å². The van der Waals surface area contributed by atoms with Crippen LogP contribution >= 0.6 is 19.4 Å². The number of fused-ring (bicyclic) bond motifs is 1. The molecule has 0 bridgehead atoms. The molecular formula is C15H18ClO8P. The number of esters is 1. The zero-order chi connectivity index (χ0) is 18.0. The Labute approximate surface area is 149 Å². The second-order valence-corrected chi connectivity index (χ2v) is 7.66. The summed E-state index contributed by atoms with van der Waals surface area (Å²) in [5.41, 5.74) is 0.662. The maximum Gasteiger partial charge on any atom is 0.532 e. The second-order valence-electron chi connectivity index (χ2n) is 5.68. The number of aliphatic hydroxyl groups is 1. The fourth-order valence-corrected chi connectivity index (χ4v) is 4.17. The molecule has 0 saturated carbocycles. The molecule has 0 aliphatic carbocycles. The van der Waals surface area contributed by atoms with Crippen LogP contribution in [0.5, 0.6) is 5.75 Å². The van der Waals surface area contributed by atoms with Gasteiger partial charge in [-0.05, 0) is 24.6 Å². The van der Waals surface area contributed by atoms with Gasteiger partial charge in [-0.25, -0.2) is 9.09 Å². The number of carbonyl (C=O) groups is 1. The van der Waals surface area contributed by atoms with Gasteiger partial charge in [0.2, 0.25) is 0 Å². The maximum absolute atomic E-state index is 12.7. The summed E-state index contributed by atoms with van der Waals surface area (Å²) < 4.78 is 39.3. The molecule has 1 N–H and O–H groups in total. The molecule has 138 valence electrons. The lowest BCUT2D eigenvalue weighted by molar-refractivity contribution is -0.213. The smallest absolute Gasteiger partial charge is 0.460 e. The van der Waals surface area contributed by atoms with Gasteiger partial charge in [-0.1, -0.05) is 11.6 Å². The monoisotopic (exact) mass is 392 g/mol. The first-order chi connectivity index (χ1) is 11.9. The topological polar surface area (TPSA) is 101 Å². The molecule has 0 radical (unpaired) electrons. The van der Waals surface area contributed by atoms with E-state index in [-0.39, 0.29) is 13.2 Å². The molecule has 0 aromatic heterocycles. The molecule has 0 spiro atoms. The van der Waals surface area contributed by atoms with E-state index in [0.717, 1.165) is 0 Å². The lowest BCUT2D eigenvalue weighted by Gasteiger charge is -2.36. The summed E-state index contributed by atoms with van der Waals surface area (Å²) in [4.78, 5) is 11.1. The molecule has 4 atom stereocenters.